The summed E-state index contributed by atoms with van der Waals surface area (Å²) in [5.74, 6) is 1.82. The van der Waals surface area contributed by atoms with E-state index in [0.29, 0.717) is 23.8 Å². The van der Waals surface area contributed by atoms with Crippen molar-refractivity contribution in [2.45, 2.75) is 6.42 Å². The first-order valence-electron chi connectivity index (χ1n) is 8.68. The first-order valence-corrected chi connectivity index (χ1v) is 8.68. The third-order valence-electron chi connectivity index (χ3n) is 4.66. The van der Waals surface area contributed by atoms with Crippen LogP contribution < -0.4 is 19.7 Å². The summed E-state index contributed by atoms with van der Waals surface area (Å²) < 4.78 is 10.7. The van der Waals surface area contributed by atoms with Gasteiger partial charge in [-0.3, -0.25) is 4.79 Å². The van der Waals surface area contributed by atoms with Gasteiger partial charge in [0.25, 0.3) is 5.91 Å². The predicted octanol–water partition coefficient (Wildman–Crippen LogP) is 3.15. The van der Waals surface area contributed by atoms with E-state index in [0.717, 1.165) is 23.5 Å². The van der Waals surface area contributed by atoms with Crippen LogP contribution >= 0.6 is 0 Å². The van der Waals surface area contributed by atoms with Gasteiger partial charge in [-0.05, 0) is 42.3 Å². The Balaban J connectivity index is 1.32. The van der Waals surface area contributed by atoms with Crippen molar-refractivity contribution in [1.29, 1.82) is 0 Å². The molecule has 27 heavy (non-hydrogen) atoms. The zero-order chi connectivity index (χ0) is 18.2. The summed E-state index contributed by atoms with van der Waals surface area (Å²) in [6.07, 6.45) is 0.860. The number of carbonyl (C=O) groups excluding carboxylic acids is 1. The lowest BCUT2D eigenvalue weighted by Gasteiger charge is -2.16. The van der Waals surface area contributed by atoms with Crippen LogP contribution in [-0.4, -0.2) is 29.4 Å². The molecule has 2 aliphatic heterocycles. The van der Waals surface area contributed by atoms with E-state index < -0.39 is 0 Å². The number of aromatic nitrogens is 2. The summed E-state index contributed by atoms with van der Waals surface area (Å²) in [5, 5.41) is 11.4. The quantitative estimate of drug-likeness (QED) is 0.773. The summed E-state index contributed by atoms with van der Waals surface area (Å²) in [6.45, 7) is 0.895. The van der Waals surface area contributed by atoms with E-state index in [4.69, 9.17) is 9.47 Å². The monoisotopic (exact) mass is 360 g/mol. The van der Waals surface area contributed by atoms with Gasteiger partial charge in [-0.15, -0.1) is 10.2 Å². The molecule has 2 aromatic carbocycles. The van der Waals surface area contributed by atoms with Crippen molar-refractivity contribution in [2.75, 3.05) is 23.6 Å². The first-order chi connectivity index (χ1) is 13.3. The minimum atomic E-state index is -0.137. The van der Waals surface area contributed by atoms with Crippen molar-refractivity contribution >= 4 is 23.1 Å². The Kier molecular flexibility index (Phi) is 3.64. The molecule has 2 aliphatic rings. The van der Waals surface area contributed by atoms with Gasteiger partial charge in [0.1, 0.15) is 0 Å². The van der Waals surface area contributed by atoms with Crippen LogP contribution in [0.3, 0.4) is 0 Å². The number of nitrogens with one attached hydrogen (secondary N) is 1. The number of hydrogen-bond acceptors (Lipinski definition) is 6. The zero-order valence-corrected chi connectivity index (χ0v) is 14.4. The van der Waals surface area contributed by atoms with Gasteiger partial charge in [0, 0.05) is 24.0 Å². The molecule has 0 spiro atoms. The van der Waals surface area contributed by atoms with E-state index in [-0.39, 0.29) is 12.7 Å². The number of fused-ring (bicyclic) bond motifs is 2. The second kappa shape index (κ2) is 6.28. The fourth-order valence-corrected chi connectivity index (χ4v) is 3.32. The number of benzene rings is 2. The van der Waals surface area contributed by atoms with Gasteiger partial charge in [0.05, 0.1) is 0 Å². The maximum absolute atomic E-state index is 12.8. The number of ether oxygens (including phenoxy) is 2. The lowest BCUT2D eigenvalue weighted by molar-refractivity contribution is 0.0983. The topological polar surface area (TPSA) is 76.6 Å². The highest BCUT2D eigenvalue weighted by Gasteiger charge is 2.26. The van der Waals surface area contributed by atoms with E-state index in [1.54, 1.807) is 17.0 Å². The highest BCUT2D eigenvalue weighted by molar-refractivity contribution is 6.06. The third-order valence-corrected chi connectivity index (χ3v) is 4.66. The molecule has 0 saturated heterocycles. The van der Waals surface area contributed by atoms with E-state index in [9.17, 15) is 4.79 Å². The molecule has 1 N–H and O–H groups in total. The number of rotatable bonds is 3. The van der Waals surface area contributed by atoms with Crippen LogP contribution in [0.4, 0.5) is 17.2 Å². The Labute approximate surface area is 155 Å². The molecule has 0 aliphatic carbocycles. The number of hydrogen-bond donors (Lipinski definition) is 1. The molecule has 0 fully saturated rings. The molecular weight excluding hydrogens is 344 g/mol. The summed E-state index contributed by atoms with van der Waals surface area (Å²) >= 11 is 0. The van der Waals surface area contributed by atoms with Gasteiger partial charge >= 0.3 is 0 Å². The fourth-order valence-electron chi connectivity index (χ4n) is 3.32. The van der Waals surface area contributed by atoms with Crippen molar-refractivity contribution in [3.05, 3.63) is 65.9 Å². The van der Waals surface area contributed by atoms with Crippen LogP contribution in [0.15, 0.2) is 54.6 Å². The van der Waals surface area contributed by atoms with E-state index in [2.05, 4.69) is 15.5 Å². The highest BCUT2D eigenvalue weighted by atomic mass is 16.7. The lowest BCUT2D eigenvalue weighted by Crippen LogP contribution is -2.29. The molecule has 5 rings (SSSR count). The average molecular weight is 360 g/mol. The van der Waals surface area contributed by atoms with Gasteiger partial charge in [-0.25, -0.2) is 0 Å². The molecule has 0 atom stereocenters. The molecule has 0 bridgehead atoms. The van der Waals surface area contributed by atoms with Gasteiger partial charge in [-0.2, -0.15) is 0 Å². The van der Waals surface area contributed by atoms with Crippen LogP contribution in [-0.2, 0) is 6.42 Å². The Hall–Kier alpha value is -3.61. The van der Waals surface area contributed by atoms with Crippen LogP contribution in [0.25, 0.3) is 0 Å². The van der Waals surface area contributed by atoms with Crippen molar-refractivity contribution in [2.24, 2.45) is 0 Å². The second-order valence-corrected chi connectivity index (χ2v) is 6.33. The Morgan fingerprint density at radius 2 is 1.89 bits per heavy atom. The first kappa shape index (κ1) is 15.6. The number of nitrogens with zero attached hydrogens (tertiary/aromatic N) is 3. The molecule has 0 saturated carbocycles. The van der Waals surface area contributed by atoms with E-state index in [1.165, 1.54) is 5.56 Å². The molecule has 3 aromatic rings. The molecule has 0 unspecified atom stereocenters. The van der Waals surface area contributed by atoms with E-state index >= 15 is 0 Å². The van der Waals surface area contributed by atoms with Gasteiger partial charge in [-0.1, -0.05) is 18.2 Å². The van der Waals surface area contributed by atoms with Gasteiger partial charge in [0.15, 0.2) is 23.0 Å². The van der Waals surface area contributed by atoms with E-state index in [1.807, 2.05) is 42.5 Å². The minimum absolute atomic E-state index is 0.137. The molecule has 3 heterocycles. The Morgan fingerprint density at radius 3 is 2.78 bits per heavy atom. The standard InChI is InChI=1S/C20H16N4O3/c25-20(24-10-9-13-3-1-2-4-16(13)24)15-6-8-19(23-22-15)21-14-5-7-17-18(11-14)27-12-26-17/h1-8,11H,9-10,12H2,(H,21,23). The van der Waals surface area contributed by atoms with Crippen LogP contribution in [0, 0.1) is 0 Å². The zero-order valence-electron chi connectivity index (χ0n) is 14.4. The third kappa shape index (κ3) is 2.83. The second-order valence-electron chi connectivity index (χ2n) is 6.33. The predicted molar refractivity (Wildman–Crippen MR) is 99.7 cm³/mol. The van der Waals surface area contributed by atoms with Crippen molar-refractivity contribution in [1.82, 2.24) is 10.2 Å². The maximum atomic E-state index is 12.8. The largest absolute Gasteiger partial charge is 0.454 e. The van der Waals surface area contributed by atoms with Gasteiger partial charge in [0.2, 0.25) is 6.79 Å². The summed E-state index contributed by atoms with van der Waals surface area (Å²) in [5.41, 5.74) is 3.26. The molecule has 1 amide bonds. The molecular formula is C20H16N4O3. The number of carbonyl (C=O) groups is 1. The average Bonchev–Trinajstić information content (AvgIpc) is 3.34. The summed E-state index contributed by atoms with van der Waals surface area (Å²) in [7, 11) is 0. The minimum Gasteiger partial charge on any atom is -0.454 e. The molecule has 0 radical (unpaired) electrons. The number of amides is 1. The van der Waals surface area contributed by atoms with Crippen molar-refractivity contribution in [3.8, 4) is 11.5 Å². The fraction of sp³-hybridized carbons (Fsp3) is 0.150. The highest BCUT2D eigenvalue weighted by Crippen LogP contribution is 2.35. The van der Waals surface area contributed by atoms with Crippen molar-refractivity contribution in [3.63, 3.8) is 0 Å². The van der Waals surface area contributed by atoms with Crippen LogP contribution in [0.1, 0.15) is 16.1 Å². The molecule has 134 valence electrons. The molecule has 7 nitrogen and oxygen atoms in total. The number of anilines is 3. The molecule has 1 aromatic heterocycles. The van der Waals surface area contributed by atoms with Crippen LogP contribution in [0.5, 0.6) is 11.5 Å². The smallest absolute Gasteiger partial charge is 0.278 e. The number of para-hydroxylation sites is 1. The SMILES string of the molecule is O=C(c1ccc(Nc2ccc3c(c2)OCO3)nn1)N1CCc2ccccc21. The normalized spacial score (nSPS) is 14.1. The summed E-state index contributed by atoms with van der Waals surface area (Å²) in [4.78, 5) is 14.5. The molecule has 7 heteroatoms. The lowest BCUT2D eigenvalue weighted by atomic mass is 10.2. The van der Waals surface area contributed by atoms with Gasteiger partial charge < -0.3 is 19.7 Å². The Bertz CT molecular complexity index is 1020. The maximum Gasteiger partial charge on any atom is 0.278 e. The Morgan fingerprint density at radius 1 is 1.00 bits per heavy atom. The van der Waals surface area contributed by atoms with Crippen LogP contribution in [0.2, 0.25) is 0 Å². The van der Waals surface area contributed by atoms with Crippen molar-refractivity contribution < 1.29 is 14.3 Å². The summed E-state index contributed by atoms with van der Waals surface area (Å²) in [6, 6.07) is 16.9.